The second-order valence-electron chi connectivity index (χ2n) is 5.30. The van der Waals surface area contributed by atoms with Crippen LogP contribution in [0, 0.1) is 0 Å². The van der Waals surface area contributed by atoms with E-state index < -0.39 is 0 Å². The quantitative estimate of drug-likeness (QED) is 0.775. The van der Waals surface area contributed by atoms with Crippen LogP contribution in [0.5, 0.6) is 5.75 Å². The van der Waals surface area contributed by atoms with Gasteiger partial charge in [-0.2, -0.15) is 0 Å². The molecule has 4 nitrogen and oxygen atoms in total. The molecule has 0 unspecified atom stereocenters. The van der Waals surface area contributed by atoms with Crippen LogP contribution >= 0.6 is 0 Å². The van der Waals surface area contributed by atoms with E-state index in [4.69, 9.17) is 15.2 Å². The Hall–Kier alpha value is -1.10. The highest BCUT2D eigenvalue weighted by Gasteiger charge is 2.20. The number of likely N-dealkylation sites (tertiary alicyclic amines) is 1. The molecule has 0 spiro atoms. The normalized spacial score (nSPS) is 17.3. The smallest absolute Gasteiger partial charge is 0.123 e. The van der Waals surface area contributed by atoms with Crippen LogP contribution < -0.4 is 10.5 Å². The number of ether oxygens (including phenoxy) is 2. The number of benzene rings is 1. The molecular weight excluding hydrogens is 252 g/mol. The molecule has 0 radical (unpaired) electrons. The Balaban J connectivity index is 1.76. The SMILES string of the molecule is COc1ccccc1CN1CCC(OCCCN)CC1. The van der Waals surface area contributed by atoms with Crippen LogP contribution in [0.3, 0.4) is 0 Å². The topological polar surface area (TPSA) is 47.7 Å². The Labute approximate surface area is 121 Å². The predicted octanol–water partition coefficient (Wildman–Crippen LogP) is 2.02. The second-order valence-corrected chi connectivity index (χ2v) is 5.30. The molecular formula is C16H26N2O2. The van der Waals surface area contributed by atoms with Gasteiger partial charge in [0.25, 0.3) is 0 Å². The van der Waals surface area contributed by atoms with Crippen molar-refractivity contribution in [1.29, 1.82) is 0 Å². The monoisotopic (exact) mass is 278 g/mol. The van der Waals surface area contributed by atoms with Gasteiger partial charge in [0.2, 0.25) is 0 Å². The maximum absolute atomic E-state index is 5.84. The maximum atomic E-state index is 5.84. The van der Waals surface area contributed by atoms with E-state index >= 15 is 0 Å². The van der Waals surface area contributed by atoms with E-state index in [9.17, 15) is 0 Å². The van der Waals surface area contributed by atoms with Crippen molar-refractivity contribution in [2.45, 2.75) is 31.9 Å². The largest absolute Gasteiger partial charge is 0.496 e. The molecule has 4 heteroatoms. The molecule has 20 heavy (non-hydrogen) atoms. The zero-order valence-corrected chi connectivity index (χ0v) is 12.4. The summed E-state index contributed by atoms with van der Waals surface area (Å²) in [4.78, 5) is 2.47. The number of methoxy groups -OCH3 is 1. The van der Waals surface area contributed by atoms with Crippen molar-refractivity contribution in [3.63, 3.8) is 0 Å². The number of rotatable bonds is 7. The molecule has 0 aliphatic carbocycles. The Morgan fingerprint density at radius 1 is 1.25 bits per heavy atom. The molecule has 1 aliphatic heterocycles. The van der Waals surface area contributed by atoms with E-state index in [-0.39, 0.29) is 0 Å². The summed E-state index contributed by atoms with van der Waals surface area (Å²) >= 11 is 0. The molecule has 0 bridgehead atoms. The van der Waals surface area contributed by atoms with Gasteiger partial charge in [0.05, 0.1) is 13.2 Å². The van der Waals surface area contributed by atoms with Crippen LogP contribution in [0.25, 0.3) is 0 Å². The van der Waals surface area contributed by atoms with Crippen molar-refractivity contribution in [2.75, 3.05) is 33.4 Å². The third kappa shape index (κ3) is 4.47. The van der Waals surface area contributed by atoms with Gasteiger partial charge in [-0.15, -0.1) is 0 Å². The van der Waals surface area contributed by atoms with Crippen molar-refractivity contribution in [2.24, 2.45) is 5.73 Å². The first-order valence-corrected chi connectivity index (χ1v) is 7.49. The number of hydrogen-bond acceptors (Lipinski definition) is 4. The fraction of sp³-hybridized carbons (Fsp3) is 0.625. The van der Waals surface area contributed by atoms with E-state index in [0.29, 0.717) is 12.6 Å². The molecule has 1 aromatic rings. The first kappa shape index (κ1) is 15.3. The fourth-order valence-corrected chi connectivity index (χ4v) is 2.64. The van der Waals surface area contributed by atoms with E-state index in [1.54, 1.807) is 7.11 Å². The average molecular weight is 278 g/mol. The summed E-state index contributed by atoms with van der Waals surface area (Å²) in [6, 6.07) is 8.25. The van der Waals surface area contributed by atoms with E-state index in [2.05, 4.69) is 17.0 Å². The van der Waals surface area contributed by atoms with Gasteiger partial charge < -0.3 is 15.2 Å². The van der Waals surface area contributed by atoms with Crippen molar-refractivity contribution in [3.8, 4) is 5.75 Å². The highest BCUT2D eigenvalue weighted by atomic mass is 16.5. The summed E-state index contributed by atoms with van der Waals surface area (Å²) in [5.41, 5.74) is 6.74. The lowest BCUT2D eigenvalue weighted by molar-refractivity contribution is 0.00552. The molecule has 1 aromatic carbocycles. The van der Waals surface area contributed by atoms with Gasteiger partial charge in [0, 0.05) is 31.8 Å². The third-order valence-corrected chi connectivity index (χ3v) is 3.82. The fourth-order valence-electron chi connectivity index (χ4n) is 2.64. The minimum atomic E-state index is 0.412. The summed E-state index contributed by atoms with van der Waals surface area (Å²) in [5.74, 6) is 0.980. The summed E-state index contributed by atoms with van der Waals surface area (Å²) < 4.78 is 11.2. The van der Waals surface area contributed by atoms with E-state index in [0.717, 1.165) is 51.3 Å². The number of piperidine rings is 1. The van der Waals surface area contributed by atoms with Crippen LogP contribution in [-0.4, -0.2) is 44.4 Å². The molecule has 1 fully saturated rings. The standard InChI is InChI=1S/C16H26N2O2/c1-19-16-6-3-2-5-14(16)13-18-10-7-15(8-11-18)20-12-4-9-17/h2-3,5-6,15H,4,7-13,17H2,1H3. The summed E-state index contributed by atoms with van der Waals surface area (Å²) in [5, 5.41) is 0. The minimum Gasteiger partial charge on any atom is -0.496 e. The molecule has 2 rings (SSSR count). The van der Waals surface area contributed by atoms with Gasteiger partial charge in [0.1, 0.15) is 5.75 Å². The molecule has 1 saturated heterocycles. The van der Waals surface area contributed by atoms with Crippen LogP contribution in [0.1, 0.15) is 24.8 Å². The second kappa shape index (κ2) is 8.25. The number of nitrogens with two attached hydrogens (primary N) is 1. The van der Waals surface area contributed by atoms with Crippen LogP contribution in [0.4, 0.5) is 0 Å². The van der Waals surface area contributed by atoms with Crippen molar-refractivity contribution >= 4 is 0 Å². The highest BCUT2D eigenvalue weighted by molar-refractivity contribution is 5.33. The zero-order valence-electron chi connectivity index (χ0n) is 12.4. The maximum Gasteiger partial charge on any atom is 0.123 e. The van der Waals surface area contributed by atoms with E-state index in [1.165, 1.54) is 5.56 Å². The predicted molar refractivity (Wildman–Crippen MR) is 80.9 cm³/mol. The van der Waals surface area contributed by atoms with E-state index in [1.807, 2.05) is 12.1 Å². The van der Waals surface area contributed by atoms with Crippen LogP contribution in [-0.2, 0) is 11.3 Å². The Morgan fingerprint density at radius 3 is 2.70 bits per heavy atom. The summed E-state index contributed by atoms with van der Waals surface area (Å²) in [7, 11) is 1.73. The lowest BCUT2D eigenvalue weighted by Gasteiger charge is -2.32. The zero-order chi connectivity index (χ0) is 14.2. The van der Waals surface area contributed by atoms with Gasteiger partial charge in [0.15, 0.2) is 0 Å². The molecule has 0 amide bonds. The molecule has 2 N–H and O–H groups in total. The molecule has 0 atom stereocenters. The van der Waals surface area contributed by atoms with Crippen molar-refractivity contribution in [1.82, 2.24) is 4.90 Å². The lowest BCUT2D eigenvalue weighted by atomic mass is 10.1. The highest BCUT2D eigenvalue weighted by Crippen LogP contribution is 2.22. The molecule has 1 heterocycles. The van der Waals surface area contributed by atoms with Crippen LogP contribution in [0.2, 0.25) is 0 Å². The van der Waals surface area contributed by atoms with Crippen LogP contribution in [0.15, 0.2) is 24.3 Å². The summed E-state index contributed by atoms with van der Waals surface area (Å²) in [6.45, 7) is 4.65. The summed E-state index contributed by atoms with van der Waals surface area (Å²) in [6.07, 6.45) is 3.59. The van der Waals surface area contributed by atoms with Crippen molar-refractivity contribution in [3.05, 3.63) is 29.8 Å². The molecule has 0 saturated carbocycles. The third-order valence-electron chi connectivity index (χ3n) is 3.82. The number of hydrogen-bond donors (Lipinski definition) is 1. The average Bonchev–Trinajstić information content (AvgIpc) is 2.50. The molecule has 112 valence electrons. The van der Waals surface area contributed by atoms with Gasteiger partial charge in [-0.1, -0.05) is 18.2 Å². The first-order valence-electron chi connectivity index (χ1n) is 7.49. The van der Waals surface area contributed by atoms with Gasteiger partial charge in [-0.05, 0) is 31.9 Å². The number of nitrogens with zero attached hydrogens (tertiary/aromatic N) is 1. The Kier molecular flexibility index (Phi) is 6.30. The Bertz CT molecular complexity index is 390. The van der Waals surface area contributed by atoms with Gasteiger partial charge in [-0.3, -0.25) is 4.90 Å². The van der Waals surface area contributed by atoms with Gasteiger partial charge in [-0.25, -0.2) is 0 Å². The molecule has 0 aromatic heterocycles. The lowest BCUT2D eigenvalue weighted by Crippen LogP contribution is -2.36. The minimum absolute atomic E-state index is 0.412. The van der Waals surface area contributed by atoms with Crippen molar-refractivity contribution < 1.29 is 9.47 Å². The molecule has 1 aliphatic rings. The Morgan fingerprint density at radius 2 is 2.00 bits per heavy atom. The number of para-hydroxylation sites is 1. The van der Waals surface area contributed by atoms with Gasteiger partial charge >= 0.3 is 0 Å². The first-order chi connectivity index (χ1) is 9.83.